The minimum atomic E-state index is -4.41. The van der Waals surface area contributed by atoms with Gasteiger partial charge in [0.25, 0.3) is 0 Å². The maximum atomic E-state index is 12.8. The van der Waals surface area contributed by atoms with Gasteiger partial charge in [0.15, 0.2) is 0 Å². The fourth-order valence-corrected chi connectivity index (χ4v) is 2.47. The lowest BCUT2D eigenvalue weighted by Gasteiger charge is -2.21. The highest BCUT2D eigenvalue weighted by Crippen LogP contribution is 2.29. The first-order valence-electron chi connectivity index (χ1n) is 7.90. The Morgan fingerprint density at radius 2 is 1.76 bits per heavy atom. The Labute approximate surface area is 145 Å². The fourth-order valence-electron chi connectivity index (χ4n) is 2.47. The molecule has 6 heteroatoms. The Bertz CT molecular complexity index is 711. The second-order valence-electron chi connectivity index (χ2n) is 5.63. The number of methoxy groups -OCH3 is 1. The molecule has 0 spiro atoms. The lowest BCUT2D eigenvalue weighted by atomic mass is 10.1. The zero-order valence-corrected chi connectivity index (χ0v) is 14.1. The third kappa shape index (κ3) is 5.24. The molecule has 0 aliphatic carbocycles. The number of nitrogens with zero attached hydrogens (tertiary/aromatic N) is 1. The van der Waals surface area contributed by atoms with Gasteiger partial charge in [0.1, 0.15) is 5.75 Å². The van der Waals surface area contributed by atoms with Crippen LogP contribution in [0.3, 0.4) is 0 Å². The number of ether oxygens (including phenoxy) is 1. The zero-order valence-electron chi connectivity index (χ0n) is 14.1. The Hall–Kier alpha value is -2.50. The van der Waals surface area contributed by atoms with Crippen molar-refractivity contribution in [1.82, 2.24) is 4.90 Å². The summed E-state index contributed by atoms with van der Waals surface area (Å²) < 4.78 is 43.4. The molecule has 0 aliphatic rings. The van der Waals surface area contributed by atoms with Crippen molar-refractivity contribution in [3.63, 3.8) is 0 Å². The number of hydrogen-bond donors (Lipinski definition) is 0. The lowest BCUT2D eigenvalue weighted by molar-refractivity contribution is -0.138. The summed E-state index contributed by atoms with van der Waals surface area (Å²) in [7, 11) is 1.58. The van der Waals surface area contributed by atoms with Crippen molar-refractivity contribution in [3.05, 3.63) is 65.2 Å². The number of amides is 1. The van der Waals surface area contributed by atoms with E-state index < -0.39 is 11.7 Å². The van der Waals surface area contributed by atoms with Crippen molar-refractivity contribution in [2.45, 2.75) is 26.1 Å². The van der Waals surface area contributed by atoms with E-state index in [9.17, 15) is 18.0 Å². The van der Waals surface area contributed by atoms with Gasteiger partial charge in [-0.15, -0.1) is 0 Å². The van der Waals surface area contributed by atoms with Gasteiger partial charge < -0.3 is 9.64 Å². The highest BCUT2D eigenvalue weighted by atomic mass is 19.4. The summed E-state index contributed by atoms with van der Waals surface area (Å²) in [5.74, 6) is 0.514. The van der Waals surface area contributed by atoms with E-state index in [1.165, 1.54) is 12.1 Å². The first kappa shape index (κ1) is 18.8. The molecule has 2 aromatic carbocycles. The minimum absolute atomic E-state index is 0.0616. The maximum Gasteiger partial charge on any atom is 0.416 e. The van der Waals surface area contributed by atoms with Gasteiger partial charge in [-0.3, -0.25) is 4.79 Å². The summed E-state index contributed by atoms with van der Waals surface area (Å²) in [6, 6.07) is 12.2. The molecule has 134 valence electrons. The van der Waals surface area contributed by atoms with Crippen molar-refractivity contribution in [2.24, 2.45) is 0 Å². The average Bonchev–Trinajstić information content (AvgIpc) is 2.59. The topological polar surface area (TPSA) is 29.5 Å². The normalized spacial score (nSPS) is 11.2. The van der Waals surface area contributed by atoms with E-state index in [1.54, 1.807) is 24.1 Å². The van der Waals surface area contributed by atoms with Gasteiger partial charge in [-0.25, -0.2) is 0 Å². The van der Waals surface area contributed by atoms with Crippen LogP contribution in [0.15, 0.2) is 48.5 Å². The summed E-state index contributed by atoms with van der Waals surface area (Å²) in [5, 5.41) is 0. The molecule has 0 radical (unpaired) electrons. The summed E-state index contributed by atoms with van der Waals surface area (Å²) in [6.07, 6.45) is -4.47. The number of rotatable bonds is 6. The van der Waals surface area contributed by atoms with E-state index in [-0.39, 0.29) is 12.3 Å². The molecule has 3 nitrogen and oxygen atoms in total. The van der Waals surface area contributed by atoms with Crippen molar-refractivity contribution in [3.8, 4) is 5.75 Å². The standard InChI is InChI=1S/C19H20F3NO2/c1-3-23(13-14-7-9-17(25-2)10-8-14)18(24)12-15-5-4-6-16(11-15)19(20,21)22/h4-11H,3,12-13H2,1-2H3. The van der Waals surface area contributed by atoms with Crippen LogP contribution in [0, 0.1) is 0 Å². The fraction of sp³-hybridized carbons (Fsp3) is 0.316. The number of hydrogen-bond acceptors (Lipinski definition) is 2. The average molecular weight is 351 g/mol. The Morgan fingerprint density at radius 1 is 1.08 bits per heavy atom. The highest BCUT2D eigenvalue weighted by molar-refractivity contribution is 5.78. The zero-order chi connectivity index (χ0) is 18.4. The van der Waals surface area contributed by atoms with Crippen LogP contribution in [0.4, 0.5) is 13.2 Å². The van der Waals surface area contributed by atoms with Gasteiger partial charge in [0.05, 0.1) is 19.1 Å². The van der Waals surface area contributed by atoms with Crippen LogP contribution in [0.1, 0.15) is 23.6 Å². The number of benzene rings is 2. The molecule has 1 amide bonds. The first-order valence-corrected chi connectivity index (χ1v) is 7.90. The van der Waals surface area contributed by atoms with E-state index in [0.29, 0.717) is 18.7 Å². The van der Waals surface area contributed by atoms with Gasteiger partial charge >= 0.3 is 6.18 Å². The molecule has 0 aromatic heterocycles. The summed E-state index contributed by atoms with van der Waals surface area (Å²) >= 11 is 0. The molecular weight excluding hydrogens is 331 g/mol. The predicted octanol–water partition coefficient (Wildman–Crippen LogP) is 4.31. The van der Waals surface area contributed by atoms with Crippen molar-refractivity contribution < 1.29 is 22.7 Å². The maximum absolute atomic E-state index is 12.8. The molecule has 0 atom stereocenters. The number of carbonyl (C=O) groups is 1. The van der Waals surface area contributed by atoms with Crippen molar-refractivity contribution in [2.75, 3.05) is 13.7 Å². The first-order chi connectivity index (χ1) is 11.8. The predicted molar refractivity (Wildman–Crippen MR) is 89.2 cm³/mol. The molecule has 0 heterocycles. The lowest BCUT2D eigenvalue weighted by Crippen LogP contribution is -2.31. The summed E-state index contributed by atoms with van der Waals surface area (Å²) in [4.78, 5) is 14.1. The molecule has 25 heavy (non-hydrogen) atoms. The Kier molecular flexibility index (Phi) is 6.07. The largest absolute Gasteiger partial charge is 0.497 e. The molecule has 0 saturated heterocycles. The molecule has 0 unspecified atom stereocenters. The van der Waals surface area contributed by atoms with Gasteiger partial charge in [-0.1, -0.05) is 30.3 Å². The Morgan fingerprint density at radius 3 is 2.32 bits per heavy atom. The van der Waals surface area contributed by atoms with Gasteiger partial charge in [0, 0.05) is 13.1 Å². The van der Waals surface area contributed by atoms with Crippen LogP contribution in [-0.2, 0) is 23.9 Å². The van der Waals surface area contributed by atoms with E-state index in [4.69, 9.17) is 4.74 Å². The Balaban J connectivity index is 2.06. The van der Waals surface area contributed by atoms with Crippen molar-refractivity contribution in [1.29, 1.82) is 0 Å². The van der Waals surface area contributed by atoms with Crippen LogP contribution in [-0.4, -0.2) is 24.5 Å². The van der Waals surface area contributed by atoms with Crippen LogP contribution >= 0.6 is 0 Å². The van der Waals surface area contributed by atoms with Crippen LogP contribution in [0.25, 0.3) is 0 Å². The number of likely N-dealkylation sites (N-methyl/N-ethyl adjacent to an activating group) is 1. The highest BCUT2D eigenvalue weighted by Gasteiger charge is 2.30. The molecule has 0 N–H and O–H groups in total. The molecule has 0 bridgehead atoms. The van der Waals surface area contributed by atoms with E-state index >= 15 is 0 Å². The molecule has 0 aliphatic heterocycles. The SMILES string of the molecule is CCN(Cc1ccc(OC)cc1)C(=O)Cc1cccc(C(F)(F)F)c1. The van der Waals surface area contributed by atoms with Gasteiger partial charge in [-0.2, -0.15) is 13.2 Å². The van der Waals surface area contributed by atoms with E-state index in [0.717, 1.165) is 23.4 Å². The molecule has 2 aromatic rings. The van der Waals surface area contributed by atoms with Crippen LogP contribution in [0.2, 0.25) is 0 Å². The second kappa shape index (κ2) is 8.05. The number of carbonyl (C=O) groups excluding carboxylic acids is 1. The van der Waals surface area contributed by atoms with Crippen LogP contribution < -0.4 is 4.74 Å². The second-order valence-corrected chi connectivity index (χ2v) is 5.63. The monoisotopic (exact) mass is 351 g/mol. The smallest absolute Gasteiger partial charge is 0.416 e. The van der Waals surface area contributed by atoms with E-state index in [1.807, 2.05) is 19.1 Å². The minimum Gasteiger partial charge on any atom is -0.497 e. The quantitative estimate of drug-likeness (QED) is 0.776. The van der Waals surface area contributed by atoms with E-state index in [2.05, 4.69) is 0 Å². The number of alkyl halides is 3. The van der Waals surface area contributed by atoms with Gasteiger partial charge in [-0.05, 0) is 36.2 Å². The third-order valence-corrected chi connectivity index (χ3v) is 3.88. The third-order valence-electron chi connectivity index (χ3n) is 3.88. The molecule has 2 rings (SSSR count). The molecule has 0 saturated carbocycles. The molecule has 0 fully saturated rings. The van der Waals surface area contributed by atoms with Crippen LogP contribution in [0.5, 0.6) is 5.75 Å². The summed E-state index contributed by atoms with van der Waals surface area (Å²) in [5.41, 5.74) is 0.545. The van der Waals surface area contributed by atoms with Gasteiger partial charge in [0.2, 0.25) is 5.91 Å². The van der Waals surface area contributed by atoms with Crippen molar-refractivity contribution >= 4 is 5.91 Å². The summed E-state index contributed by atoms with van der Waals surface area (Å²) in [6.45, 7) is 2.72. The number of halogens is 3. The molecular formula is C19H20F3NO2.